The largest absolute Gasteiger partial charge is 0.452 e. The summed E-state index contributed by atoms with van der Waals surface area (Å²) in [5.74, 6) is -1.78. The van der Waals surface area contributed by atoms with E-state index in [-0.39, 0.29) is 32.3 Å². The lowest BCUT2D eigenvalue weighted by atomic mass is 10.0. The molecule has 31 heavy (non-hydrogen) atoms. The van der Waals surface area contributed by atoms with Gasteiger partial charge in [-0.05, 0) is 42.5 Å². The highest BCUT2D eigenvalue weighted by atomic mass is 35.5. The average Bonchev–Trinajstić information content (AvgIpc) is 2.77. The number of carbonyl (C=O) groups excluding carboxylic acids is 3. The van der Waals surface area contributed by atoms with Crippen molar-refractivity contribution in [3.63, 3.8) is 0 Å². The average molecular weight is 457 g/mol. The van der Waals surface area contributed by atoms with Gasteiger partial charge in [-0.2, -0.15) is 0 Å². The van der Waals surface area contributed by atoms with E-state index in [4.69, 9.17) is 16.3 Å². The zero-order chi connectivity index (χ0) is 22.2. The number of anilines is 1. The van der Waals surface area contributed by atoms with E-state index < -0.39 is 34.1 Å². The fraction of sp³-hybridized carbons (Fsp3) is 0.0476. The Balaban J connectivity index is 1.52. The van der Waals surface area contributed by atoms with Crippen LogP contribution in [0.1, 0.15) is 26.3 Å². The molecule has 0 aliphatic carbocycles. The molecular formula is C21H13ClN2O6S. The molecule has 1 aliphatic rings. The predicted molar refractivity (Wildman–Crippen MR) is 110 cm³/mol. The zero-order valence-electron chi connectivity index (χ0n) is 15.7. The van der Waals surface area contributed by atoms with Crippen molar-refractivity contribution in [2.45, 2.75) is 9.79 Å². The minimum Gasteiger partial charge on any atom is -0.452 e. The van der Waals surface area contributed by atoms with Crippen molar-refractivity contribution in [1.82, 2.24) is 4.98 Å². The molecule has 0 spiro atoms. The second-order valence-corrected chi connectivity index (χ2v) is 8.85. The molecule has 1 amide bonds. The maximum atomic E-state index is 12.9. The SMILES string of the molecule is O=C(COC(=O)c1ccc2c(c1)S(=O)(=O)c1ccccc1C2=O)Nc1ccc(Cl)cn1. The molecule has 0 saturated carbocycles. The Bertz CT molecular complexity index is 1340. The minimum atomic E-state index is -3.99. The van der Waals surface area contributed by atoms with Crippen molar-refractivity contribution in [2.75, 3.05) is 11.9 Å². The number of amides is 1. The first-order chi connectivity index (χ1) is 14.8. The van der Waals surface area contributed by atoms with Crippen LogP contribution in [0.2, 0.25) is 5.02 Å². The van der Waals surface area contributed by atoms with Crippen molar-refractivity contribution in [3.8, 4) is 0 Å². The smallest absolute Gasteiger partial charge is 0.338 e. The summed E-state index contributed by atoms with van der Waals surface area (Å²) in [5, 5.41) is 2.83. The molecule has 2 aromatic carbocycles. The van der Waals surface area contributed by atoms with Crippen LogP contribution in [0.25, 0.3) is 0 Å². The Labute approximate surface area is 181 Å². The maximum Gasteiger partial charge on any atom is 0.338 e. The van der Waals surface area contributed by atoms with Crippen molar-refractivity contribution in [1.29, 1.82) is 0 Å². The predicted octanol–water partition coefficient (Wildman–Crippen LogP) is 2.91. The van der Waals surface area contributed by atoms with Crippen molar-refractivity contribution in [2.24, 2.45) is 0 Å². The molecule has 4 rings (SSSR count). The lowest BCUT2D eigenvalue weighted by molar-refractivity contribution is -0.119. The zero-order valence-corrected chi connectivity index (χ0v) is 17.2. The number of ketones is 1. The number of ether oxygens (including phenoxy) is 1. The molecule has 2 heterocycles. The van der Waals surface area contributed by atoms with Gasteiger partial charge in [0.1, 0.15) is 5.82 Å². The Morgan fingerprint density at radius 3 is 2.48 bits per heavy atom. The normalized spacial score (nSPS) is 13.6. The Hall–Kier alpha value is -3.56. The van der Waals surface area contributed by atoms with Crippen LogP contribution in [0.3, 0.4) is 0 Å². The highest BCUT2D eigenvalue weighted by Crippen LogP contribution is 2.34. The highest BCUT2D eigenvalue weighted by Gasteiger charge is 2.35. The van der Waals surface area contributed by atoms with Crippen LogP contribution in [0, 0.1) is 0 Å². The summed E-state index contributed by atoms with van der Waals surface area (Å²) < 4.78 is 30.8. The van der Waals surface area contributed by atoms with Crippen LogP contribution in [-0.2, 0) is 19.4 Å². The number of pyridine rings is 1. The maximum absolute atomic E-state index is 12.9. The van der Waals surface area contributed by atoms with Crippen molar-refractivity contribution < 1.29 is 27.5 Å². The number of benzene rings is 2. The van der Waals surface area contributed by atoms with E-state index in [0.29, 0.717) is 5.02 Å². The number of hydrogen-bond acceptors (Lipinski definition) is 7. The molecule has 10 heteroatoms. The molecule has 0 saturated heterocycles. The Kier molecular flexibility index (Phi) is 5.30. The molecule has 8 nitrogen and oxygen atoms in total. The quantitative estimate of drug-likeness (QED) is 0.469. The molecule has 1 aromatic heterocycles. The van der Waals surface area contributed by atoms with E-state index >= 15 is 0 Å². The number of nitrogens with one attached hydrogen (secondary N) is 1. The van der Waals surface area contributed by atoms with E-state index in [0.717, 1.165) is 6.07 Å². The van der Waals surface area contributed by atoms with E-state index in [1.807, 2.05) is 0 Å². The Morgan fingerprint density at radius 2 is 1.74 bits per heavy atom. The molecule has 3 aromatic rings. The third-order valence-corrected chi connectivity index (χ3v) is 6.58. The first-order valence-corrected chi connectivity index (χ1v) is 10.7. The third-order valence-electron chi connectivity index (χ3n) is 4.50. The van der Waals surface area contributed by atoms with Gasteiger partial charge in [0.05, 0.1) is 20.4 Å². The van der Waals surface area contributed by atoms with Gasteiger partial charge in [0, 0.05) is 17.3 Å². The van der Waals surface area contributed by atoms with Gasteiger partial charge in [0.2, 0.25) is 9.84 Å². The number of fused-ring (bicyclic) bond motifs is 2. The minimum absolute atomic E-state index is 0.0261. The number of rotatable bonds is 4. The molecular weight excluding hydrogens is 444 g/mol. The van der Waals surface area contributed by atoms with E-state index in [1.165, 1.54) is 48.7 Å². The molecule has 0 bridgehead atoms. The fourth-order valence-corrected chi connectivity index (χ4v) is 4.84. The van der Waals surface area contributed by atoms with Gasteiger partial charge in [0.15, 0.2) is 12.4 Å². The topological polar surface area (TPSA) is 120 Å². The highest BCUT2D eigenvalue weighted by molar-refractivity contribution is 7.91. The van der Waals surface area contributed by atoms with Gasteiger partial charge in [-0.1, -0.05) is 23.7 Å². The van der Waals surface area contributed by atoms with Crippen LogP contribution in [0.4, 0.5) is 5.82 Å². The van der Waals surface area contributed by atoms with Crippen molar-refractivity contribution >= 4 is 44.9 Å². The van der Waals surface area contributed by atoms with Crippen LogP contribution >= 0.6 is 11.6 Å². The summed E-state index contributed by atoms with van der Waals surface area (Å²) in [6, 6.07) is 12.5. The molecule has 0 unspecified atom stereocenters. The van der Waals surface area contributed by atoms with Crippen LogP contribution in [0.5, 0.6) is 0 Å². The van der Waals surface area contributed by atoms with Gasteiger partial charge in [-0.15, -0.1) is 0 Å². The standard InChI is InChI=1S/C21H13ClN2O6S/c22-13-6-8-18(23-10-13)24-19(25)11-30-21(27)12-5-7-15-17(9-12)31(28,29)16-4-2-1-3-14(16)20(15)26/h1-10H,11H2,(H,23,24,25). The van der Waals surface area contributed by atoms with Crippen LogP contribution in [0.15, 0.2) is 70.6 Å². The lowest BCUT2D eigenvalue weighted by Gasteiger charge is -2.19. The van der Waals surface area contributed by atoms with E-state index in [1.54, 1.807) is 6.07 Å². The lowest BCUT2D eigenvalue weighted by Crippen LogP contribution is -2.23. The molecule has 1 N–H and O–H groups in total. The monoisotopic (exact) mass is 456 g/mol. The van der Waals surface area contributed by atoms with Gasteiger partial charge in [-0.25, -0.2) is 18.2 Å². The Morgan fingerprint density at radius 1 is 1.00 bits per heavy atom. The third kappa shape index (κ3) is 3.92. The summed E-state index contributed by atoms with van der Waals surface area (Å²) in [4.78, 5) is 40.4. The number of aromatic nitrogens is 1. The number of hydrogen-bond donors (Lipinski definition) is 1. The first-order valence-electron chi connectivity index (χ1n) is 8.89. The van der Waals surface area contributed by atoms with Gasteiger partial charge < -0.3 is 10.1 Å². The first kappa shape index (κ1) is 20.7. The molecule has 0 radical (unpaired) electrons. The van der Waals surface area contributed by atoms with Gasteiger partial charge in [0.25, 0.3) is 5.91 Å². The van der Waals surface area contributed by atoms with E-state index in [2.05, 4.69) is 10.3 Å². The summed E-state index contributed by atoms with van der Waals surface area (Å²) >= 11 is 5.72. The molecule has 156 valence electrons. The van der Waals surface area contributed by atoms with Crippen LogP contribution < -0.4 is 5.32 Å². The number of halogens is 1. The number of nitrogens with zero attached hydrogens (tertiary/aromatic N) is 1. The molecule has 0 fully saturated rings. The second-order valence-electron chi connectivity index (χ2n) is 6.53. The van der Waals surface area contributed by atoms with Crippen molar-refractivity contribution in [3.05, 3.63) is 82.5 Å². The summed E-state index contributed by atoms with van der Waals surface area (Å²) in [7, 11) is -3.99. The number of carbonyl (C=O) groups is 3. The van der Waals surface area contributed by atoms with Crippen LogP contribution in [-0.4, -0.2) is 37.7 Å². The van der Waals surface area contributed by atoms with Gasteiger partial charge >= 0.3 is 5.97 Å². The van der Waals surface area contributed by atoms with E-state index in [9.17, 15) is 22.8 Å². The number of esters is 1. The van der Waals surface area contributed by atoms with Gasteiger partial charge in [-0.3, -0.25) is 9.59 Å². The fourth-order valence-electron chi connectivity index (χ4n) is 3.05. The molecule has 1 aliphatic heterocycles. The second kappa shape index (κ2) is 7.93. The summed E-state index contributed by atoms with van der Waals surface area (Å²) in [6.45, 7) is -0.616. The molecule has 0 atom stereocenters. The summed E-state index contributed by atoms with van der Waals surface area (Å²) in [6.07, 6.45) is 1.34. The summed E-state index contributed by atoms with van der Waals surface area (Å²) in [5.41, 5.74) is -0.0495. The number of sulfone groups is 1.